The van der Waals surface area contributed by atoms with Crippen molar-refractivity contribution < 1.29 is 0 Å². The summed E-state index contributed by atoms with van der Waals surface area (Å²) in [4.78, 5) is 4.34. The average molecular weight is 222 g/mol. The van der Waals surface area contributed by atoms with Gasteiger partial charge in [0, 0.05) is 19.0 Å². The Morgan fingerprint density at radius 1 is 1.50 bits per heavy atom. The molecule has 2 N–H and O–H groups in total. The Labute approximate surface area is 97.2 Å². The highest BCUT2D eigenvalue weighted by Gasteiger charge is 2.27. The Balaban J connectivity index is 2.02. The van der Waals surface area contributed by atoms with Gasteiger partial charge >= 0.3 is 0 Å². The van der Waals surface area contributed by atoms with Gasteiger partial charge in [-0.05, 0) is 38.0 Å². The number of hydrogen-bond acceptors (Lipinski definition) is 3. The first-order chi connectivity index (χ1) is 7.70. The van der Waals surface area contributed by atoms with Crippen LogP contribution in [0.2, 0.25) is 0 Å². The second-order valence-electron chi connectivity index (χ2n) is 5.04. The second-order valence-corrected chi connectivity index (χ2v) is 5.04. The quantitative estimate of drug-likeness (QED) is 0.845. The first kappa shape index (κ1) is 11.6. The third-order valence-electron chi connectivity index (χ3n) is 3.74. The van der Waals surface area contributed by atoms with E-state index >= 15 is 0 Å². The van der Waals surface area contributed by atoms with Crippen LogP contribution < -0.4 is 5.73 Å². The van der Waals surface area contributed by atoms with E-state index in [9.17, 15) is 0 Å². The molecule has 0 amide bonds. The van der Waals surface area contributed by atoms with Gasteiger partial charge in [-0.25, -0.2) is 4.98 Å². The van der Waals surface area contributed by atoms with Crippen LogP contribution in [-0.4, -0.2) is 20.8 Å². The Hall–Kier alpha value is -0.900. The van der Waals surface area contributed by atoms with Gasteiger partial charge < -0.3 is 5.73 Å². The van der Waals surface area contributed by atoms with E-state index in [1.165, 1.54) is 12.8 Å². The van der Waals surface area contributed by atoms with E-state index in [-0.39, 0.29) is 0 Å². The number of aryl methyl sites for hydroxylation is 1. The summed E-state index contributed by atoms with van der Waals surface area (Å²) in [7, 11) is 0. The molecule has 3 unspecified atom stereocenters. The van der Waals surface area contributed by atoms with Crippen molar-refractivity contribution in [3.05, 3.63) is 12.2 Å². The van der Waals surface area contributed by atoms with Crippen LogP contribution in [0.1, 0.15) is 38.9 Å². The van der Waals surface area contributed by atoms with Gasteiger partial charge in [0.25, 0.3) is 0 Å². The first-order valence-electron chi connectivity index (χ1n) is 6.33. The molecule has 0 aromatic carbocycles. The normalized spacial score (nSPS) is 30.6. The molecular formula is C12H22N4. The monoisotopic (exact) mass is 222 g/mol. The third kappa shape index (κ3) is 2.43. The molecular weight excluding hydrogens is 200 g/mol. The van der Waals surface area contributed by atoms with Gasteiger partial charge in [0.15, 0.2) is 0 Å². The zero-order chi connectivity index (χ0) is 11.5. The van der Waals surface area contributed by atoms with Crippen LogP contribution in [0.15, 0.2) is 6.33 Å². The lowest BCUT2D eigenvalue weighted by molar-refractivity contribution is 0.240. The highest BCUT2D eigenvalue weighted by molar-refractivity contribution is 4.92. The smallest absolute Gasteiger partial charge is 0.138 e. The van der Waals surface area contributed by atoms with Crippen LogP contribution in [0.25, 0.3) is 0 Å². The van der Waals surface area contributed by atoms with Gasteiger partial charge in [0.1, 0.15) is 12.2 Å². The standard InChI is InChI=1S/C12H22N4/c1-3-16-12(14-8-15-16)7-10-6-9(2)4-5-11(10)13/h8-11H,3-7,13H2,1-2H3. The molecule has 1 aliphatic rings. The summed E-state index contributed by atoms with van der Waals surface area (Å²) in [5.41, 5.74) is 6.19. The van der Waals surface area contributed by atoms with E-state index in [1.54, 1.807) is 6.33 Å². The molecule has 1 saturated carbocycles. The summed E-state index contributed by atoms with van der Waals surface area (Å²) in [6.45, 7) is 5.32. The number of aromatic nitrogens is 3. The predicted molar refractivity (Wildman–Crippen MR) is 63.9 cm³/mol. The Kier molecular flexibility index (Phi) is 3.59. The lowest BCUT2D eigenvalue weighted by Crippen LogP contribution is -2.37. The molecule has 3 atom stereocenters. The van der Waals surface area contributed by atoms with E-state index in [1.807, 2.05) is 4.68 Å². The third-order valence-corrected chi connectivity index (χ3v) is 3.74. The van der Waals surface area contributed by atoms with Crippen molar-refractivity contribution in [2.45, 2.75) is 52.1 Å². The molecule has 0 aliphatic heterocycles. The number of rotatable bonds is 3. The van der Waals surface area contributed by atoms with Gasteiger partial charge in [-0.3, -0.25) is 4.68 Å². The van der Waals surface area contributed by atoms with Crippen molar-refractivity contribution >= 4 is 0 Å². The van der Waals surface area contributed by atoms with Crippen molar-refractivity contribution in [2.75, 3.05) is 0 Å². The Bertz CT molecular complexity index is 334. The zero-order valence-corrected chi connectivity index (χ0v) is 10.3. The largest absolute Gasteiger partial charge is 0.327 e. The number of nitrogens with zero attached hydrogens (tertiary/aromatic N) is 3. The fraction of sp³-hybridized carbons (Fsp3) is 0.833. The molecule has 4 heteroatoms. The fourth-order valence-corrected chi connectivity index (χ4v) is 2.70. The summed E-state index contributed by atoms with van der Waals surface area (Å²) in [6.07, 6.45) is 6.30. The zero-order valence-electron chi connectivity index (χ0n) is 10.3. The summed E-state index contributed by atoms with van der Waals surface area (Å²) < 4.78 is 1.98. The van der Waals surface area contributed by atoms with Gasteiger partial charge in [-0.1, -0.05) is 6.92 Å². The molecule has 1 aromatic rings. The van der Waals surface area contributed by atoms with Crippen LogP contribution in [0.4, 0.5) is 0 Å². The van der Waals surface area contributed by atoms with Gasteiger partial charge in [-0.2, -0.15) is 5.10 Å². The SMILES string of the molecule is CCn1ncnc1CC1CC(C)CCC1N. The number of nitrogens with two attached hydrogens (primary N) is 1. The van der Waals surface area contributed by atoms with Gasteiger partial charge in [-0.15, -0.1) is 0 Å². The maximum Gasteiger partial charge on any atom is 0.138 e. The minimum atomic E-state index is 0.346. The summed E-state index contributed by atoms with van der Waals surface area (Å²) in [5.74, 6) is 2.48. The maximum atomic E-state index is 6.19. The summed E-state index contributed by atoms with van der Waals surface area (Å²) in [5, 5.41) is 4.21. The molecule has 0 spiro atoms. The van der Waals surface area contributed by atoms with Crippen LogP contribution in [0.5, 0.6) is 0 Å². The molecule has 0 saturated heterocycles. The van der Waals surface area contributed by atoms with E-state index < -0.39 is 0 Å². The second kappa shape index (κ2) is 4.95. The topological polar surface area (TPSA) is 56.7 Å². The molecule has 1 aromatic heterocycles. The van der Waals surface area contributed by atoms with Crippen LogP contribution in [0, 0.1) is 11.8 Å². The summed E-state index contributed by atoms with van der Waals surface area (Å²) >= 11 is 0. The van der Waals surface area contributed by atoms with Crippen molar-refractivity contribution in [1.82, 2.24) is 14.8 Å². The van der Waals surface area contributed by atoms with Crippen molar-refractivity contribution in [1.29, 1.82) is 0 Å². The molecule has 0 radical (unpaired) electrons. The fourth-order valence-electron chi connectivity index (χ4n) is 2.70. The highest BCUT2D eigenvalue weighted by atomic mass is 15.3. The van der Waals surface area contributed by atoms with E-state index in [0.29, 0.717) is 12.0 Å². The van der Waals surface area contributed by atoms with Crippen LogP contribution in [0.3, 0.4) is 0 Å². The molecule has 4 nitrogen and oxygen atoms in total. The predicted octanol–water partition coefficient (Wildman–Crippen LogP) is 1.60. The van der Waals surface area contributed by atoms with E-state index in [2.05, 4.69) is 23.9 Å². The average Bonchev–Trinajstić information content (AvgIpc) is 2.71. The highest BCUT2D eigenvalue weighted by Crippen LogP contribution is 2.29. The minimum Gasteiger partial charge on any atom is -0.327 e. The van der Waals surface area contributed by atoms with Crippen molar-refractivity contribution in [2.24, 2.45) is 17.6 Å². The van der Waals surface area contributed by atoms with Gasteiger partial charge in [0.05, 0.1) is 0 Å². The minimum absolute atomic E-state index is 0.346. The molecule has 0 bridgehead atoms. The lowest BCUT2D eigenvalue weighted by atomic mass is 9.77. The van der Waals surface area contributed by atoms with Crippen LogP contribution in [-0.2, 0) is 13.0 Å². The maximum absolute atomic E-state index is 6.19. The molecule has 1 heterocycles. The molecule has 1 aliphatic carbocycles. The lowest BCUT2D eigenvalue weighted by Gasteiger charge is -2.32. The summed E-state index contributed by atoms with van der Waals surface area (Å²) in [6, 6.07) is 0.346. The van der Waals surface area contributed by atoms with Gasteiger partial charge in [0.2, 0.25) is 0 Å². The number of hydrogen-bond donors (Lipinski definition) is 1. The van der Waals surface area contributed by atoms with Crippen LogP contribution >= 0.6 is 0 Å². The molecule has 2 rings (SSSR count). The van der Waals surface area contributed by atoms with Crippen molar-refractivity contribution in [3.8, 4) is 0 Å². The van der Waals surface area contributed by atoms with E-state index in [4.69, 9.17) is 5.73 Å². The molecule has 16 heavy (non-hydrogen) atoms. The molecule has 1 fully saturated rings. The molecule has 90 valence electrons. The first-order valence-corrected chi connectivity index (χ1v) is 6.33. The Morgan fingerprint density at radius 2 is 2.31 bits per heavy atom. The van der Waals surface area contributed by atoms with E-state index in [0.717, 1.165) is 31.1 Å². The Morgan fingerprint density at radius 3 is 3.06 bits per heavy atom. The van der Waals surface area contributed by atoms with Crippen molar-refractivity contribution in [3.63, 3.8) is 0 Å².